The van der Waals surface area contributed by atoms with Gasteiger partial charge in [-0.2, -0.15) is 13.2 Å². The van der Waals surface area contributed by atoms with Crippen LogP contribution in [0.4, 0.5) is 13.2 Å². The van der Waals surface area contributed by atoms with Crippen molar-refractivity contribution in [1.29, 1.82) is 0 Å². The van der Waals surface area contributed by atoms with Crippen molar-refractivity contribution in [3.05, 3.63) is 23.8 Å². The van der Waals surface area contributed by atoms with Gasteiger partial charge in [0.1, 0.15) is 0 Å². The van der Waals surface area contributed by atoms with Crippen molar-refractivity contribution in [3.63, 3.8) is 0 Å². The highest BCUT2D eigenvalue weighted by Crippen LogP contribution is 2.25. The molecule has 0 aromatic carbocycles. The number of halogens is 3. The van der Waals surface area contributed by atoms with E-state index >= 15 is 0 Å². The number of alkyl halides is 3. The van der Waals surface area contributed by atoms with Gasteiger partial charge in [-0.25, -0.2) is 9.97 Å². The maximum atomic E-state index is 11.9. The van der Waals surface area contributed by atoms with Gasteiger partial charge in [0.2, 0.25) is 5.82 Å². The van der Waals surface area contributed by atoms with Crippen molar-refractivity contribution in [1.82, 2.24) is 9.97 Å². The molecule has 0 atom stereocenters. The summed E-state index contributed by atoms with van der Waals surface area (Å²) in [7, 11) is 0. The Morgan fingerprint density at radius 3 is 2.58 bits per heavy atom. The van der Waals surface area contributed by atoms with E-state index in [2.05, 4.69) is 9.97 Å². The van der Waals surface area contributed by atoms with Gasteiger partial charge in [0.15, 0.2) is 0 Å². The maximum absolute atomic E-state index is 11.9. The van der Waals surface area contributed by atoms with Gasteiger partial charge >= 0.3 is 6.18 Å². The summed E-state index contributed by atoms with van der Waals surface area (Å²) in [5.41, 5.74) is -0.0441. The summed E-state index contributed by atoms with van der Waals surface area (Å²) in [6, 6.07) is 1.22. The fourth-order valence-electron chi connectivity index (χ4n) is 0.621. The largest absolute Gasteiger partial charge is 0.451 e. The normalized spacial score (nSPS) is 11.7. The molecule has 1 heterocycles. The topological polar surface area (TPSA) is 46.0 Å². The first-order valence-electron chi connectivity index (χ1n) is 3.04. The van der Waals surface area contributed by atoms with Crippen molar-refractivity contribution < 1.29 is 18.3 Å². The van der Waals surface area contributed by atoms with Gasteiger partial charge in [0.25, 0.3) is 0 Å². The second kappa shape index (κ2) is 3.06. The minimum absolute atomic E-state index is 0.0441. The molecule has 0 fully saturated rings. The minimum atomic E-state index is -4.55. The Morgan fingerprint density at radius 2 is 2.08 bits per heavy atom. The van der Waals surface area contributed by atoms with E-state index in [0.717, 1.165) is 6.20 Å². The van der Waals surface area contributed by atoms with E-state index in [9.17, 15) is 13.2 Å². The molecule has 0 bridgehead atoms. The summed E-state index contributed by atoms with van der Waals surface area (Å²) in [5, 5.41) is 8.47. The SMILES string of the molecule is OCc1ccnc(C(F)(F)F)n1. The highest BCUT2D eigenvalue weighted by Gasteiger charge is 2.34. The van der Waals surface area contributed by atoms with E-state index in [0.29, 0.717) is 0 Å². The average molecular weight is 178 g/mol. The van der Waals surface area contributed by atoms with E-state index in [1.807, 2.05) is 0 Å². The van der Waals surface area contributed by atoms with Gasteiger partial charge in [-0.15, -0.1) is 0 Å². The van der Waals surface area contributed by atoms with Crippen LogP contribution in [0, 0.1) is 0 Å². The van der Waals surface area contributed by atoms with Gasteiger partial charge in [0, 0.05) is 6.20 Å². The molecule has 3 nitrogen and oxygen atoms in total. The third-order valence-electron chi connectivity index (χ3n) is 1.13. The zero-order chi connectivity index (χ0) is 9.19. The molecule has 0 aliphatic heterocycles. The molecular formula is C6H5F3N2O. The van der Waals surface area contributed by atoms with Crippen LogP contribution in [0.3, 0.4) is 0 Å². The number of aliphatic hydroxyl groups is 1. The van der Waals surface area contributed by atoms with Crippen LogP contribution in [0.1, 0.15) is 11.5 Å². The molecule has 66 valence electrons. The molecule has 0 spiro atoms. The Balaban J connectivity index is 3.02. The van der Waals surface area contributed by atoms with E-state index in [1.165, 1.54) is 6.07 Å². The average Bonchev–Trinajstić information content (AvgIpc) is 2.03. The molecule has 1 rings (SSSR count). The summed E-state index contributed by atoms with van der Waals surface area (Å²) < 4.78 is 35.7. The lowest BCUT2D eigenvalue weighted by atomic mass is 10.4. The fraction of sp³-hybridized carbons (Fsp3) is 0.333. The predicted octanol–water partition coefficient (Wildman–Crippen LogP) is 0.988. The Kier molecular flexibility index (Phi) is 2.27. The first kappa shape index (κ1) is 8.92. The number of aliphatic hydroxyl groups excluding tert-OH is 1. The Labute approximate surface area is 65.9 Å². The van der Waals surface area contributed by atoms with Crippen LogP contribution in [0.5, 0.6) is 0 Å². The lowest BCUT2D eigenvalue weighted by Gasteiger charge is -2.04. The predicted molar refractivity (Wildman–Crippen MR) is 33.0 cm³/mol. The molecular weight excluding hydrogens is 173 g/mol. The van der Waals surface area contributed by atoms with Crippen LogP contribution in [0.15, 0.2) is 12.3 Å². The standard InChI is InChI=1S/C6H5F3N2O/c7-6(8,9)5-10-2-1-4(3-12)11-5/h1-2,12H,3H2. The quantitative estimate of drug-likeness (QED) is 0.697. The third-order valence-corrected chi connectivity index (χ3v) is 1.13. The van der Waals surface area contributed by atoms with Crippen LogP contribution >= 0.6 is 0 Å². The highest BCUT2D eigenvalue weighted by molar-refractivity contribution is 5.02. The molecule has 12 heavy (non-hydrogen) atoms. The molecule has 1 aromatic heterocycles. The van der Waals surface area contributed by atoms with E-state index in [4.69, 9.17) is 5.11 Å². The summed E-state index contributed by atoms with van der Waals surface area (Å²) in [6.45, 7) is -0.522. The lowest BCUT2D eigenvalue weighted by Crippen LogP contribution is -2.11. The second-order valence-electron chi connectivity index (χ2n) is 2.03. The van der Waals surface area contributed by atoms with Crippen molar-refractivity contribution in [2.75, 3.05) is 0 Å². The van der Waals surface area contributed by atoms with E-state index < -0.39 is 18.6 Å². The number of hydrogen-bond acceptors (Lipinski definition) is 3. The molecule has 0 saturated carbocycles. The van der Waals surface area contributed by atoms with Crippen molar-refractivity contribution in [2.45, 2.75) is 12.8 Å². The van der Waals surface area contributed by atoms with Crippen LogP contribution in [-0.2, 0) is 12.8 Å². The van der Waals surface area contributed by atoms with Crippen LogP contribution < -0.4 is 0 Å². The summed E-state index contributed by atoms with van der Waals surface area (Å²) >= 11 is 0. The molecule has 1 aromatic rings. The van der Waals surface area contributed by atoms with Crippen LogP contribution in [0.25, 0.3) is 0 Å². The third kappa shape index (κ3) is 1.91. The Hall–Kier alpha value is -1.17. The van der Waals surface area contributed by atoms with Crippen molar-refractivity contribution in [2.24, 2.45) is 0 Å². The lowest BCUT2D eigenvalue weighted by molar-refractivity contribution is -0.145. The monoisotopic (exact) mass is 178 g/mol. The molecule has 6 heteroatoms. The zero-order valence-electron chi connectivity index (χ0n) is 5.84. The molecule has 0 radical (unpaired) electrons. The molecule has 0 saturated heterocycles. The summed E-state index contributed by atoms with van der Waals surface area (Å²) in [4.78, 5) is 6.09. The minimum Gasteiger partial charge on any atom is -0.390 e. The van der Waals surface area contributed by atoms with E-state index in [1.54, 1.807) is 0 Å². The summed E-state index contributed by atoms with van der Waals surface area (Å²) in [5.74, 6) is -1.23. The highest BCUT2D eigenvalue weighted by atomic mass is 19.4. The van der Waals surface area contributed by atoms with Crippen molar-refractivity contribution >= 4 is 0 Å². The number of aromatic nitrogens is 2. The van der Waals surface area contributed by atoms with Crippen molar-refractivity contribution in [3.8, 4) is 0 Å². The maximum Gasteiger partial charge on any atom is 0.451 e. The fourth-order valence-corrected chi connectivity index (χ4v) is 0.621. The Morgan fingerprint density at radius 1 is 1.42 bits per heavy atom. The second-order valence-corrected chi connectivity index (χ2v) is 2.03. The first-order valence-corrected chi connectivity index (χ1v) is 3.04. The number of hydrogen-bond donors (Lipinski definition) is 1. The van der Waals surface area contributed by atoms with Gasteiger partial charge in [-0.1, -0.05) is 0 Å². The first-order chi connectivity index (χ1) is 5.54. The number of rotatable bonds is 1. The van der Waals surface area contributed by atoms with Gasteiger partial charge in [0.05, 0.1) is 12.3 Å². The van der Waals surface area contributed by atoms with Gasteiger partial charge < -0.3 is 5.11 Å². The molecule has 1 N–H and O–H groups in total. The summed E-state index contributed by atoms with van der Waals surface area (Å²) in [6.07, 6.45) is -3.59. The van der Waals surface area contributed by atoms with Crippen LogP contribution in [-0.4, -0.2) is 15.1 Å². The van der Waals surface area contributed by atoms with Gasteiger partial charge in [-0.3, -0.25) is 0 Å². The zero-order valence-corrected chi connectivity index (χ0v) is 5.84. The van der Waals surface area contributed by atoms with E-state index in [-0.39, 0.29) is 5.69 Å². The Bertz CT molecular complexity index is 274. The molecule has 0 aliphatic rings. The van der Waals surface area contributed by atoms with Gasteiger partial charge in [-0.05, 0) is 6.07 Å². The molecule has 0 amide bonds. The van der Waals surface area contributed by atoms with Crippen LogP contribution in [0.2, 0.25) is 0 Å². The molecule has 0 aliphatic carbocycles. The smallest absolute Gasteiger partial charge is 0.390 e. The number of nitrogens with zero attached hydrogens (tertiary/aromatic N) is 2. The molecule has 0 unspecified atom stereocenters.